The third-order valence-corrected chi connectivity index (χ3v) is 8.38. The molecule has 0 aliphatic carbocycles. The van der Waals surface area contributed by atoms with Crippen molar-refractivity contribution < 1.29 is 15.0 Å². The van der Waals surface area contributed by atoms with Crippen molar-refractivity contribution in [2.45, 2.75) is 94.3 Å². The Morgan fingerprint density at radius 2 is 1.64 bits per heavy atom. The van der Waals surface area contributed by atoms with Crippen LogP contribution >= 0.6 is 23.5 Å². The summed E-state index contributed by atoms with van der Waals surface area (Å²) < 4.78 is 0.376. The molecule has 1 aliphatic heterocycles. The van der Waals surface area contributed by atoms with Gasteiger partial charge in [-0.3, -0.25) is 4.79 Å². The molecule has 3 nitrogen and oxygen atoms in total. The van der Waals surface area contributed by atoms with Crippen molar-refractivity contribution in [1.82, 2.24) is 0 Å². The van der Waals surface area contributed by atoms with Gasteiger partial charge in [0, 0.05) is 11.7 Å². The van der Waals surface area contributed by atoms with Crippen molar-refractivity contribution in [1.29, 1.82) is 0 Å². The largest absolute Gasteiger partial charge is 0.507 e. The summed E-state index contributed by atoms with van der Waals surface area (Å²) in [4.78, 5) is 10.7. The van der Waals surface area contributed by atoms with E-state index in [-0.39, 0.29) is 17.3 Å². The van der Waals surface area contributed by atoms with Crippen LogP contribution < -0.4 is 0 Å². The summed E-state index contributed by atoms with van der Waals surface area (Å²) in [7, 11) is 0. The van der Waals surface area contributed by atoms with Crippen molar-refractivity contribution >= 4 is 29.5 Å². The van der Waals surface area contributed by atoms with Gasteiger partial charge in [0.05, 0.1) is 4.58 Å². The van der Waals surface area contributed by atoms with Crippen LogP contribution in [0.3, 0.4) is 0 Å². The van der Waals surface area contributed by atoms with Crippen molar-refractivity contribution in [2.75, 3.05) is 5.75 Å². The molecule has 0 radical (unpaired) electrons. The number of carboxylic acids is 1. The molecular formula is C23H36O3S2. The first-order valence-electron chi connectivity index (χ1n) is 10.3. The Morgan fingerprint density at radius 3 is 2.14 bits per heavy atom. The predicted octanol–water partition coefficient (Wildman–Crippen LogP) is 6.87. The van der Waals surface area contributed by atoms with Gasteiger partial charge in [-0.2, -0.15) is 0 Å². The number of hydrogen-bond acceptors (Lipinski definition) is 4. The van der Waals surface area contributed by atoms with Crippen molar-refractivity contribution in [2.24, 2.45) is 0 Å². The second kappa shape index (κ2) is 9.34. The minimum atomic E-state index is -0.696. The third kappa shape index (κ3) is 6.35. The van der Waals surface area contributed by atoms with Gasteiger partial charge >= 0.3 is 5.97 Å². The van der Waals surface area contributed by atoms with Crippen molar-refractivity contribution in [3.8, 4) is 5.75 Å². The quantitative estimate of drug-likeness (QED) is 0.488. The minimum absolute atomic E-state index is 0.111. The molecule has 1 heterocycles. The number of rotatable bonds is 6. The highest BCUT2D eigenvalue weighted by Gasteiger charge is 2.30. The molecule has 1 fully saturated rings. The number of benzene rings is 1. The summed E-state index contributed by atoms with van der Waals surface area (Å²) in [6.45, 7) is 12.9. The molecule has 0 spiro atoms. The van der Waals surface area contributed by atoms with Gasteiger partial charge in [-0.05, 0) is 64.7 Å². The highest BCUT2D eigenvalue weighted by atomic mass is 32.2. The van der Waals surface area contributed by atoms with Crippen LogP contribution in [-0.4, -0.2) is 27.2 Å². The van der Waals surface area contributed by atoms with Gasteiger partial charge in [-0.25, -0.2) is 0 Å². The second-order valence-corrected chi connectivity index (χ2v) is 12.8. The molecule has 0 aromatic heterocycles. The van der Waals surface area contributed by atoms with Crippen LogP contribution in [0.25, 0.3) is 0 Å². The SMILES string of the molecule is CC(C)(C)c1cc(C2SCCC(CCCCC(=O)O)S2)cc(C(C)(C)C)c1O. The molecule has 158 valence electrons. The minimum Gasteiger partial charge on any atom is -0.507 e. The lowest BCUT2D eigenvalue weighted by Gasteiger charge is -2.32. The Bertz CT molecular complexity index is 651. The number of carbonyl (C=O) groups is 1. The molecule has 1 aromatic carbocycles. The lowest BCUT2D eigenvalue weighted by molar-refractivity contribution is -0.137. The van der Waals surface area contributed by atoms with E-state index in [1.165, 1.54) is 12.0 Å². The zero-order valence-electron chi connectivity index (χ0n) is 18.2. The van der Waals surface area contributed by atoms with E-state index in [4.69, 9.17) is 5.11 Å². The Morgan fingerprint density at radius 1 is 1.07 bits per heavy atom. The van der Waals surface area contributed by atoms with Crippen LogP contribution in [-0.2, 0) is 15.6 Å². The lowest BCUT2D eigenvalue weighted by atomic mass is 9.78. The van der Waals surface area contributed by atoms with Gasteiger partial charge in [-0.1, -0.05) is 48.0 Å². The molecule has 0 saturated carbocycles. The molecule has 0 bridgehead atoms. The topological polar surface area (TPSA) is 57.5 Å². The normalized spacial score (nSPS) is 20.9. The number of aliphatic carboxylic acids is 1. The first-order valence-corrected chi connectivity index (χ1v) is 12.3. The van der Waals surface area contributed by atoms with Gasteiger partial charge in [0.15, 0.2) is 0 Å². The molecular weight excluding hydrogens is 388 g/mol. The van der Waals surface area contributed by atoms with Crippen molar-refractivity contribution in [3.63, 3.8) is 0 Å². The molecule has 5 heteroatoms. The maximum absolute atomic E-state index is 11.0. The van der Waals surface area contributed by atoms with E-state index in [2.05, 4.69) is 53.7 Å². The zero-order valence-corrected chi connectivity index (χ0v) is 19.8. The summed E-state index contributed by atoms with van der Waals surface area (Å²) >= 11 is 4.02. The molecule has 1 saturated heterocycles. The first kappa shape index (κ1) is 23.5. The number of phenols is 1. The average molecular weight is 425 g/mol. The number of carboxylic acid groups (broad SMARTS) is 1. The van der Waals surface area contributed by atoms with Gasteiger partial charge in [0.2, 0.25) is 0 Å². The fourth-order valence-corrected chi connectivity index (χ4v) is 6.95. The smallest absolute Gasteiger partial charge is 0.303 e. The number of unbranched alkanes of at least 4 members (excludes halogenated alkanes) is 1. The summed E-state index contributed by atoms with van der Waals surface area (Å²) in [5, 5.41) is 20.4. The highest BCUT2D eigenvalue weighted by Crippen LogP contribution is 2.51. The monoisotopic (exact) mass is 424 g/mol. The first-order chi connectivity index (χ1) is 12.9. The van der Waals surface area contributed by atoms with Crippen LogP contribution in [0.4, 0.5) is 0 Å². The molecule has 1 aliphatic rings. The number of phenolic OH excluding ortho intramolecular Hbond substituents is 1. The molecule has 2 N–H and O–H groups in total. The number of thioether (sulfide) groups is 2. The van der Waals surface area contributed by atoms with E-state index in [1.54, 1.807) is 0 Å². The van der Waals surface area contributed by atoms with Crippen LogP contribution in [0.1, 0.15) is 94.9 Å². The van der Waals surface area contributed by atoms with Crippen molar-refractivity contribution in [3.05, 3.63) is 28.8 Å². The number of hydrogen-bond donors (Lipinski definition) is 2. The zero-order chi connectivity index (χ0) is 21.1. The Labute approximate surface area is 179 Å². The van der Waals surface area contributed by atoms with Crippen LogP contribution in [0.15, 0.2) is 12.1 Å². The standard InChI is InChI=1S/C23H36O3S2/c1-22(2,3)17-13-15(14-18(20(17)26)23(4,5)6)21-27-12-11-16(28-21)9-7-8-10-19(24)25/h13-14,16,21,26H,7-12H2,1-6H3,(H,24,25). The van der Waals surface area contributed by atoms with E-state index in [0.717, 1.165) is 36.1 Å². The fraction of sp³-hybridized carbons (Fsp3) is 0.696. The molecule has 0 amide bonds. The lowest BCUT2D eigenvalue weighted by Crippen LogP contribution is -2.19. The predicted molar refractivity (Wildman–Crippen MR) is 123 cm³/mol. The molecule has 2 unspecified atom stereocenters. The molecule has 28 heavy (non-hydrogen) atoms. The summed E-state index contributed by atoms with van der Waals surface area (Å²) in [5.41, 5.74) is 3.14. The third-order valence-electron chi connectivity index (χ3n) is 5.21. The van der Waals surface area contributed by atoms with Crippen LogP contribution in [0.5, 0.6) is 5.75 Å². The van der Waals surface area contributed by atoms with Crippen LogP contribution in [0, 0.1) is 0 Å². The summed E-state index contributed by atoms with van der Waals surface area (Å²) in [6, 6.07) is 4.42. The van der Waals surface area contributed by atoms with Gasteiger partial charge < -0.3 is 10.2 Å². The second-order valence-electron chi connectivity index (χ2n) is 9.85. The highest BCUT2D eigenvalue weighted by molar-refractivity contribution is 8.17. The van der Waals surface area contributed by atoms with E-state index in [0.29, 0.717) is 15.6 Å². The Balaban J connectivity index is 2.22. The van der Waals surface area contributed by atoms with Crippen LogP contribution in [0.2, 0.25) is 0 Å². The van der Waals surface area contributed by atoms with E-state index in [9.17, 15) is 9.90 Å². The molecule has 2 atom stereocenters. The Kier molecular flexibility index (Phi) is 7.83. The fourth-order valence-electron chi connectivity index (χ4n) is 3.56. The molecule has 2 rings (SSSR count). The van der Waals surface area contributed by atoms with E-state index in [1.807, 2.05) is 23.5 Å². The van der Waals surface area contributed by atoms with Gasteiger partial charge in [-0.15, -0.1) is 23.5 Å². The van der Waals surface area contributed by atoms with E-state index < -0.39 is 5.97 Å². The number of aromatic hydroxyl groups is 1. The van der Waals surface area contributed by atoms with E-state index >= 15 is 0 Å². The van der Waals surface area contributed by atoms with Gasteiger partial charge in [0.25, 0.3) is 0 Å². The average Bonchev–Trinajstić information content (AvgIpc) is 2.57. The molecule has 1 aromatic rings. The summed E-state index contributed by atoms with van der Waals surface area (Å²) in [5.74, 6) is 0.885. The van der Waals surface area contributed by atoms with Gasteiger partial charge in [0.1, 0.15) is 5.75 Å². The Hall–Kier alpha value is -0.810. The maximum atomic E-state index is 11.0. The summed E-state index contributed by atoms with van der Waals surface area (Å²) in [6.07, 6.45) is 4.31. The maximum Gasteiger partial charge on any atom is 0.303 e.